The number of sulfone groups is 1. The molecule has 0 fully saturated rings. The summed E-state index contributed by atoms with van der Waals surface area (Å²) in [6, 6.07) is 11.1. The van der Waals surface area contributed by atoms with Crippen LogP contribution < -0.4 is 10.9 Å². The molecule has 1 aliphatic heterocycles. The molecule has 0 amide bonds. The maximum Gasteiger partial charge on any atom is 0.260 e. The van der Waals surface area contributed by atoms with Crippen LogP contribution in [0.4, 0.5) is 5.69 Å². The molecule has 2 heterocycles. The molecule has 28 heavy (non-hydrogen) atoms. The summed E-state index contributed by atoms with van der Waals surface area (Å²) < 4.78 is 25.0. The molecule has 0 aliphatic carbocycles. The third-order valence-corrected chi connectivity index (χ3v) is 7.17. The van der Waals surface area contributed by atoms with Crippen molar-refractivity contribution >= 4 is 26.4 Å². The molecule has 0 saturated carbocycles. The lowest BCUT2D eigenvalue weighted by molar-refractivity contribution is 0.544. The smallest absolute Gasteiger partial charge is 0.260 e. The highest BCUT2D eigenvalue weighted by Gasteiger charge is 2.26. The molecule has 1 aliphatic rings. The number of aryl methyl sites for hydroxylation is 1. The number of H-pyrrole nitrogens is 1. The summed E-state index contributed by atoms with van der Waals surface area (Å²) in [7, 11) is -3.23. The van der Waals surface area contributed by atoms with Crippen LogP contribution in [0.15, 0.2) is 52.4 Å². The van der Waals surface area contributed by atoms with E-state index >= 15 is 0 Å². The standard InChI is InChI=1S/C21H23N3O3S/c1-13(2)20(15-9-8-14-5-4-10-28(26,27)18(14)11-15)24-17-7-3-6-16-19(17)21(25)23-12-22-16/h3,6-9,11-13,20,24H,4-5,10H2,1-2H3,(H,22,23,25)/t20-/m1/s1. The number of hydrogen-bond donors (Lipinski definition) is 2. The number of nitrogens with one attached hydrogen (secondary N) is 2. The van der Waals surface area contributed by atoms with Gasteiger partial charge in [-0.3, -0.25) is 4.79 Å². The summed E-state index contributed by atoms with van der Waals surface area (Å²) in [4.78, 5) is 19.6. The first-order valence-corrected chi connectivity index (χ1v) is 11.1. The largest absolute Gasteiger partial charge is 0.377 e. The van der Waals surface area contributed by atoms with Crippen LogP contribution in [0.25, 0.3) is 10.9 Å². The van der Waals surface area contributed by atoms with E-state index in [2.05, 4.69) is 29.1 Å². The first-order chi connectivity index (χ1) is 13.4. The van der Waals surface area contributed by atoms with E-state index < -0.39 is 9.84 Å². The number of hydrogen-bond acceptors (Lipinski definition) is 5. The van der Waals surface area contributed by atoms with Crippen molar-refractivity contribution in [3.8, 4) is 0 Å². The Kier molecular flexibility index (Phi) is 4.71. The van der Waals surface area contributed by atoms with Crippen molar-refractivity contribution in [1.29, 1.82) is 0 Å². The molecule has 2 aromatic carbocycles. The van der Waals surface area contributed by atoms with Gasteiger partial charge in [0.15, 0.2) is 9.84 Å². The SMILES string of the molecule is CC(C)[C@@H](Nc1cccc2nc[nH]c(=O)c12)c1ccc2c(c1)S(=O)(=O)CCC2. The molecule has 7 heteroatoms. The lowest BCUT2D eigenvalue weighted by atomic mass is 9.94. The fourth-order valence-electron chi connectivity index (χ4n) is 3.86. The number of aromatic amines is 1. The van der Waals surface area contributed by atoms with Gasteiger partial charge in [-0.25, -0.2) is 13.4 Å². The second-order valence-corrected chi connectivity index (χ2v) is 9.66. The minimum absolute atomic E-state index is 0.146. The topological polar surface area (TPSA) is 91.9 Å². The highest BCUT2D eigenvalue weighted by atomic mass is 32.2. The van der Waals surface area contributed by atoms with E-state index in [4.69, 9.17) is 0 Å². The summed E-state index contributed by atoms with van der Waals surface area (Å²) in [6.45, 7) is 4.14. The molecule has 146 valence electrons. The van der Waals surface area contributed by atoms with Gasteiger partial charge in [-0.2, -0.15) is 0 Å². The number of nitrogens with zero attached hydrogens (tertiary/aromatic N) is 1. The summed E-state index contributed by atoms with van der Waals surface area (Å²) >= 11 is 0. The monoisotopic (exact) mass is 397 g/mol. The number of anilines is 1. The van der Waals surface area contributed by atoms with Crippen molar-refractivity contribution in [1.82, 2.24) is 9.97 Å². The Morgan fingerprint density at radius 1 is 1.18 bits per heavy atom. The Bertz CT molecular complexity index is 1190. The molecule has 0 bridgehead atoms. The first-order valence-electron chi connectivity index (χ1n) is 9.45. The van der Waals surface area contributed by atoms with Crippen LogP contribution >= 0.6 is 0 Å². The quantitative estimate of drug-likeness (QED) is 0.703. The van der Waals surface area contributed by atoms with Crippen molar-refractivity contribution in [3.05, 3.63) is 64.2 Å². The summed E-state index contributed by atoms with van der Waals surface area (Å²) in [5.74, 6) is 0.378. The summed E-state index contributed by atoms with van der Waals surface area (Å²) in [5, 5.41) is 3.96. The van der Waals surface area contributed by atoms with Gasteiger partial charge in [-0.05, 0) is 48.1 Å². The predicted octanol–water partition coefficient (Wildman–Crippen LogP) is 3.45. The Labute approximate surface area is 163 Å². The van der Waals surface area contributed by atoms with Gasteiger partial charge in [-0.15, -0.1) is 0 Å². The van der Waals surface area contributed by atoms with Crippen LogP contribution in [0.3, 0.4) is 0 Å². The van der Waals surface area contributed by atoms with Gasteiger partial charge in [-0.1, -0.05) is 32.0 Å². The lowest BCUT2D eigenvalue weighted by Crippen LogP contribution is -2.21. The van der Waals surface area contributed by atoms with Gasteiger partial charge in [0.2, 0.25) is 0 Å². The third kappa shape index (κ3) is 3.30. The molecule has 2 N–H and O–H groups in total. The summed E-state index contributed by atoms with van der Waals surface area (Å²) in [5.41, 5.74) is 2.89. The average Bonchev–Trinajstić information content (AvgIpc) is 2.66. The zero-order valence-corrected chi connectivity index (χ0v) is 16.7. The van der Waals surface area contributed by atoms with Crippen LogP contribution in [0.1, 0.15) is 37.4 Å². The van der Waals surface area contributed by atoms with E-state index in [0.717, 1.165) is 17.5 Å². The Morgan fingerprint density at radius 3 is 2.79 bits per heavy atom. The lowest BCUT2D eigenvalue weighted by Gasteiger charge is -2.26. The van der Waals surface area contributed by atoms with Crippen molar-refractivity contribution in [2.75, 3.05) is 11.1 Å². The van der Waals surface area contributed by atoms with Crippen LogP contribution in [-0.4, -0.2) is 24.1 Å². The first kappa shape index (κ1) is 18.7. The van der Waals surface area contributed by atoms with Gasteiger partial charge < -0.3 is 10.3 Å². The van der Waals surface area contributed by atoms with Gasteiger partial charge >= 0.3 is 0 Å². The molecule has 1 aromatic heterocycles. The number of aromatic nitrogens is 2. The highest BCUT2D eigenvalue weighted by molar-refractivity contribution is 7.91. The molecule has 0 unspecified atom stereocenters. The molecule has 6 nitrogen and oxygen atoms in total. The molecule has 3 aromatic rings. The summed E-state index contributed by atoms with van der Waals surface area (Å²) in [6.07, 6.45) is 2.86. The molecule has 0 radical (unpaired) electrons. The van der Waals surface area contributed by atoms with E-state index in [1.165, 1.54) is 6.33 Å². The molecule has 1 atom stereocenters. The fourth-order valence-corrected chi connectivity index (χ4v) is 5.49. The maximum atomic E-state index is 12.5. The van der Waals surface area contributed by atoms with Crippen molar-refractivity contribution in [2.24, 2.45) is 5.92 Å². The van der Waals surface area contributed by atoms with Gasteiger partial charge in [0.25, 0.3) is 5.56 Å². The zero-order chi connectivity index (χ0) is 19.9. The zero-order valence-electron chi connectivity index (χ0n) is 15.9. The second kappa shape index (κ2) is 7.05. The van der Waals surface area contributed by atoms with Gasteiger partial charge in [0.05, 0.1) is 33.9 Å². The molecular formula is C21H23N3O3S. The predicted molar refractivity (Wildman–Crippen MR) is 110 cm³/mol. The van der Waals surface area contributed by atoms with Gasteiger partial charge in [0.1, 0.15) is 0 Å². The minimum atomic E-state index is -3.23. The van der Waals surface area contributed by atoms with Crippen LogP contribution in [0.5, 0.6) is 0 Å². The average molecular weight is 398 g/mol. The second-order valence-electron chi connectivity index (χ2n) is 7.59. The highest BCUT2D eigenvalue weighted by Crippen LogP contribution is 2.33. The minimum Gasteiger partial charge on any atom is -0.377 e. The van der Waals surface area contributed by atoms with Crippen LogP contribution in [-0.2, 0) is 16.3 Å². The molecule has 0 spiro atoms. The maximum absolute atomic E-state index is 12.5. The fraction of sp³-hybridized carbons (Fsp3) is 0.333. The van der Waals surface area contributed by atoms with Crippen LogP contribution in [0.2, 0.25) is 0 Å². The number of rotatable bonds is 4. The number of fused-ring (bicyclic) bond motifs is 2. The molecule has 0 saturated heterocycles. The van der Waals surface area contributed by atoms with Crippen molar-refractivity contribution in [2.45, 2.75) is 37.6 Å². The van der Waals surface area contributed by atoms with Crippen molar-refractivity contribution in [3.63, 3.8) is 0 Å². The van der Waals surface area contributed by atoms with Crippen LogP contribution in [0, 0.1) is 5.92 Å². The van der Waals surface area contributed by atoms with E-state index in [1.54, 1.807) is 12.1 Å². The Morgan fingerprint density at radius 2 is 2.00 bits per heavy atom. The van der Waals surface area contributed by atoms with Gasteiger partial charge in [0, 0.05) is 5.69 Å². The molecular weight excluding hydrogens is 374 g/mol. The van der Waals surface area contributed by atoms with Crippen molar-refractivity contribution < 1.29 is 8.42 Å². The van der Waals surface area contributed by atoms with E-state index in [1.807, 2.05) is 24.3 Å². The molecule has 4 rings (SSSR count). The normalized spacial score (nSPS) is 16.7. The third-order valence-electron chi connectivity index (χ3n) is 5.29. The van der Waals surface area contributed by atoms with E-state index in [0.29, 0.717) is 27.9 Å². The van der Waals surface area contributed by atoms with E-state index in [9.17, 15) is 13.2 Å². The Hall–Kier alpha value is -2.67. The van der Waals surface area contributed by atoms with E-state index in [-0.39, 0.29) is 23.3 Å². The Balaban J connectivity index is 1.79. The number of benzene rings is 2.